The van der Waals surface area contributed by atoms with E-state index < -0.39 is 0 Å². The first kappa shape index (κ1) is 12.0. The van der Waals surface area contributed by atoms with Crippen molar-refractivity contribution < 1.29 is 0 Å². The van der Waals surface area contributed by atoms with Crippen LogP contribution < -0.4 is 16.8 Å². The van der Waals surface area contributed by atoms with Gasteiger partial charge in [-0.1, -0.05) is 27.5 Å². The molecule has 0 spiro atoms. The van der Waals surface area contributed by atoms with Crippen LogP contribution in [0.3, 0.4) is 0 Å². The van der Waals surface area contributed by atoms with E-state index in [4.69, 9.17) is 23.1 Å². The Hall–Kier alpha value is -1.46. The summed E-state index contributed by atoms with van der Waals surface area (Å²) in [5.74, 6) is 0.893. The number of nitrogens with one attached hydrogen (secondary N) is 1. The van der Waals surface area contributed by atoms with Gasteiger partial charge in [-0.3, -0.25) is 0 Å². The van der Waals surface area contributed by atoms with Crippen molar-refractivity contribution in [1.82, 2.24) is 4.98 Å². The number of halogens is 2. The lowest BCUT2D eigenvalue weighted by Gasteiger charge is -2.09. The molecular weight excluding hydrogens is 304 g/mol. The molecule has 0 aliphatic heterocycles. The van der Waals surface area contributed by atoms with Gasteiger partial charge in [0.2, 0.25) is 0 Å². The van der Waals surface area contributed by atoms with Gasteiger partial charge >= 0.3 is 0 Å². The zero-order valence-electron chi connectivity index (χ0n) is 8.74. The number of nitrogens with two attached hydrogens (primary N) is 2. The Morgan fingerprint density at radius 2 is 1.94 bits per heavy atom. The van der Waals surface area contributed by atoms with Crippen molar-refractivity contribution in [3.63, 3.8) is 0 Å². The minimum absolute atomic E-state index is 0.295. The Labute approximate surface area is 112 Å². The summed E-state index contributed by atoms with van der Waals surface area (Å²) in [7, 11) is 0. The van der Waals surface area contributed by atoms with Crippen molar-refractivity contribution in [2.45, 2.75) is 0 Å². The van der Waals surface area contributed by atoms with Gasteiger partial charge in [0.15, 0.2) is 0 Å². The highest BCUT2D eigenvalue weighted by Crippen LogP contribution is 2.28. The van der Waals surface area contributed by atoms with Crippen molar-refractivity contribution in [3.05, 3.63) is 39.8 Å². The third-order valence-electron chi connectivity index (χ3n) is 2.15. The largest absolute Gasteiger partial charge is 0.396 e. The van der Waals surface area contributed by atoms with Crippen LogP contribution in [0, 0.1) is 0 Å². The molecule has 2 aromatic rings. The summed E-state index contributed by atoms with van der Waals surface area (Å²) < 4.78 is 0.915. The van der Waals surface area contributed by atoms with E-state index in [9.17, 15) is 0 Å². The molecule has 0 fully saturated rings. The average Bonchev–Trinajstić information content (AvgIpc) is 2.27. The van der Waals surface area contributed by atoms with Gasteiger partial charge in [0.25, 0.3) is 0 Å². The number of aromatic nitrogens is 1. The lowest BCUT2D eigenvalue weighted by atomic mass is 10.3. The van der Waals surface area contributed by atoms with Gasteiger partial charge in [0.1, 0.15) is 11.6 Å². The van der Waals surface area contributed by atoms with Gasteiger partial charge in [0.05, 0.1) is 16.4 Å². The fraction of sp³-hybridized carbons (Fsp3) is 0. The molecule has 1 aromatic heterocycles. The molecule has 2 rings (SSSR count). The summed E-state index contributed by atoms with van der Waals surface area (Å²) in [5.41, 5.74) is 12.4. The maximum absolute atomic E-state index is 6.07. The highest BCUT2D eigenvalue weighted by molar-refractivity contribution is 9.10. The topological polar surface area (TPSA) is 77.0 Å². The Morgan fingerprint density at radius 1 is 1.18 bits per heavy atom. The van der Waals surface area contributed by atoms with Crippen LogP contribution in [0.1, 0.15) is 0 Å². The summed E-state index contributed by atoms with van der Waals surface area (Å²) in [6, 6.07) is 8.96. The number of anilines is 4. The molecular formula is C11H10BrClN4. The quantitative estimate of drug-likeness (QED) is 0.794. The average molecular weight is 314 g/mol. The predicted octanol–water partition coefficient (Wildman–Crippen LogP) is 3.41. The van der Waals surface area contributed by atoms with Crippen molar-refractivity contribution in [2.75, 3.05) is 16.8 Å². The second-order valence-electron chi connectivity index (χ2n) is 3.42. The van der Waals surface area contributed by atoms with Gasteiger partial charge in [-0.2, -0.15) is 0 Å². The summed E-state index contributed by atoms with van der Waals surface area (Å²) >= 11 is 9.41. The highest BCUT2D eigenvalue weighted by Gasteiger charge is 2.03. The molecule has 0 bridgehead atoms. The van der Waals surface area contributed by atoms with Crippen LogP contribution in [0.5, 0.6) is 0 Å². The van der Waals surface area contributed by atoms with Crippen molar-refractivity contribution in [1.29, 1.82) is 0 Å². The second-order valence-corrected chi connectivity index (χ2v) is 4.74. The number of hydrogen-bond donors (Lipinski definition) is 3. The van der Waals surface area contributed by atoms with E-state index in [-0.39, 0.29) is 0 Å². The molecule has 0 atom stereocenters. The number of nitrogen functional groups attached to an aromatic ring is 2. The van der Waals surface area contributed by atoms with Crippen molar-refractivity contribution in [2.24, 2.45) is 0 Å². The molecule has 0 saturated carbocycles. The SMILES string of the molecule is Nc1ccc(Nc2ccc(Br)cc2Cl)nc1N. The summed E-state index contributed by atoms with van der Waals surface area (Å²) in [6.07, 6.45) is 0. The predicted molar refractivity (Wildman–Crippen MR) is 75.5 cm³/mol. The van der Waals surface area contributed by atoms with Crippen LogP contribution in [0.15, 0.2) is 34.8 Å². The number of rotatable bonds is 2. The Bertz CT molecular complexity index is 559. The summed E-state index contributed by atoms with van der Waals surface area (Å²) in [4.78, 5) is 4.10. The fourth-order valence-electron chi connectivity index (χ4n) is 1.28. The molecule has 0 aliphatic carbocycles. The molecule has 0 aliphatic rings. The van der Waals surface area contributed by atoms with Crippen molar-refractivity contribution >= 4 is 50.5 Å². The van der Waals surface area contributed by atoms with Gasteiger partial charge in [-0.05, 0) is 30.3 Å². The Kier molecular flexibility index (Phi) is 3.40. The van der Waals surface area contributed by atoms with E-state index in [0.29, 0.717) is 22.3 Å². The minimum Gasteiger partial charge on any atom is -0.396 e. The van der Waals surface area contributed by atoms with Gasteiger partial charge in [-0.15, -0.1) is 0 Å². The standard InChI is InChI=1S/C11H10BrClN4/c12-6-1-3-9(7(13)5-6)16-10-4-2-8(14)11(15)17-10/h1-5H,14H2,(H3,15,16,17). The molecule has 0 saturated heterocycles. The highest BCUT2D eigenvalue weighted by atomic mass is 79.9. The maximum Gasteiger partial charge on any atom is 0.149 e. The van der Waals surface area contributed by atoms with Gasteiger partial charge in [-0.25, -0.2) is 4.98 Å². The van der Waals surface area contributed by atoms with Crippen LogP contribution in [0.4, 0.5) is 23.0 Å². The lowest BCUT2D eigenvalue weighted by Crippen LogP contribution is -2.01. The Morgan fingerprint density at radius 3 is 2.59 bits per heavy atom. The first-order valence-electron chi connectivity index (χ1n) is 4.80. The van der Waals surface area contributed by atoms with Crippen molar-refractivity contribution in [3.8, 4) is 0 Å². The smallest absolute Gasteiger partial charge is 0.149 e. The summed E-state index contributed by atoms with van der Waals surface area (Å²) in [5, 5.41) is 3.66. The number of nitrogens with zero attached hydrogens (tertiary/aromatic N) is 1. The number of pyridine rings is 1. The van der Waals surface area contributed by atoms with Crippen LogP contribution in [-0.4, -0.2) is 4.98 Å². The van der Waals surface area contributed by atoms with E-state index in [1.165, 1.54) is 0 Å². The molecule has 5 N–H and O–H groups in total. The molecule has 0 radical (unpaired) electrons. The molecule has 4 nitrogen and oxygen atoms in total. The first-order valence-corrected chi connectivity index (χ1v) is 5.97. The normalized spacial score (nSPS) is 10.2. The van der Waals surface area contributed by atoms with E-state index >= 15 is 0 Å². The van der Waals surface area contributed by atoms with Crippen LogP contribution in [0.25, 0.3) is 0 Å². The van der Waals surface area contributed by atoms with Crippen LogP contribution in [-0.2, 0) is 0 Å². The van der Waals surface area contributed by atoms with E-state index in [1.54, 1.807) is 18.2 Å². The molecule has 0 unspecified atom stereocenters. The number of benzene rings is 1. The third-order valence-corrected chi connectivity index (χ3v) is 2.96. The lowest BCUT2D eigenvalue weighted by molar-refractivity contribution is 1.32. The van der Waals surface area contributed by atoms with E-state index in [1.807, 2.05) is 12.1 Å². The number of hydrogen-bond acceptors (Lipinski definition) is 4. The molecule has 6 heteroatoms. The molecule has 17 heavy (non-hydrogen) atoms. The third kappa shape index (κ3) is 2.81. The monoisotopic (exact) mass is 312 g/mol. The fourth-order valence-corrected chi connectivity index (χ4v) is 2.00. The van der Waals surface area contributed by atoms with E-state index in [2.05, 4.69) is 26.2 Å². The molecule has 1 aromatic carbocycles. The van der Waals surface area contributed by atoms with Crippen LogP contribution in [0.2, 0.25) is 5.02 Å². The van der Waals surface area contributed by atoms with Crippen LogP contribution >= 0.6 is 27.5 Å². The van der Waals surface area contributed by atoms with Gasteiger partial charge < -0.3 is 16.8 Å². The molecule has 88 valence electrons. The first-order chi connectivity index (χ1) is 8.06. The zero-order chi connectivity index (χ0) is 12.4. The molecule has 1 heterocycles. The maximum atomic E-state index is 6.07. The Balaban J connectivity index is 2.28. The minimum atomic E-state index is 0.295. The zero-order valence-corrected chi connectivity index (χ0v) is 11.1. The second kappa shape index (κ2) is 4.81. The summed E-state index contributed by atoms with van der Waals surface area (Å²) in [6.45, 7) is 0. The van der Waals surface area contributed by atoms with Gasteiger partial charge in [0, 0.05) is 4.47 Å². The molecule has 0 amide bonds. The van der Waals surface area contributed by atoms with E-state index in [0.717, 1.165) is 10.2 Å².